The molecule has 1 aliphatic heterocycles. The highest BCUT2D eigenvalue weighted by atomic mass is 32.2. The molecule has 0 bridgehead atoms. The Labute approximate surface area is 85.1 Å². The largest absolute Gasteiger partial charge is 0.308 e. The summed E-state index contributed by atoms with van der Waals surface area (Å²) in [7, 11) is 0. The highest BCUT2D eigenvalue weighted by Gasteiger charge is 2.34. The summed E-state index contributed by atoms with van der Waals surface area (Å²) in [5, 5.41) is 0.191. The fraction of sp³-hybridized carbons (Fsp3) is 0.111. The standard InChI is InChI=1S/C9H8N2O2S/c10-11-7(8(12)14-9(11)13)6-4-2-1-3-5-6/h2-5H,1,10H2. The zero-order valence-electron chi connectivity index (χ0n) is 7.27. The van der Waals surface area contributed by atoms with Crippen LogP contribution in [0.1, 0.15) is 6.42 Å². The molecule has 0 spiro atoms. The van der Waals surface area contributed by atoms with Gasteiger partial charge in [0.15, 0.2) is 0 Å². The Morgan fingerprint density at radius 3 is 2.43 bits per heavy atom. The minimum absolute atomic E-state index is 0.271. The van der Waals surface area contributed by atoms with E-state index in [0.29, 0.717) is 17.3 Å². The van der Waals surface area contributed by atoms with Crippen LogP contribution in [0.5, 0.6) is 0 Å². The first-order valence-electron chi connectivity index (χ1n) is 4.08. The van der Waals surface area contributed by atoms with Gasteiger partial charge in [0.2, 0.25) is 5.12 Å². The molecule has 1 saturated heterocycles. The highest BCUT2D eigenvalue weighted by molar-refractivity contribution is 8.27. The van der Waals surface area contributed by atoms with Gasteiger partial charge in [0.25, 0.3) is 0 Å². The second-order valence-corrected chi connectivity index (χ2v) is 3.79. The maximum atomic E-state index is 11.4. The van der Waals surface area contributed by atoms with E-state index < -0.39 is 5.24 Å². The van der Waals surface area contributed by atoms with Crippen LogP contribution in [-0.4, -0.2) is 15.4 Å². The molecule has 2 aliphatic rings. The summed E-state index contributed by atoms with van der Waals surface area (Å²) in [5.41, 5.74) is 0.967. The summed E-state index contributed by atoms with van der Waals surface area (Å²) >= 11 is 0.628. The number of carbonyl (C=O) groups is 2. The number of nitrogens with zero attached hydrogens (tertiary/aromatic N) is 1. The minimum Gasteiger partial charge on any atom is -0.279 e. The van der Waals surface area contributed by atoms with Crippen LogP contribution in [0.3, 0.4) is 0 Å². The molecule has 1 heterocycles. The molecule has 2 N–H and O–H groups in total. The summed E-state index contributed by atoms with van der Waals surface area (Å²) in [6, 6.07) is 0. The Balaban J connectivity index is 2.46. The smallest absolute Gasteiger partial charge is 0.279 e. The highest BCUT2D eigenvalue weighted by Crippen LogP contribution is 2.29. The zero-order valence-corrected chi connectivity index (χ0v) is 8.08. The second-order valence-electron chi connectivity index (χ2n) is 2.87. The fourth-order valence-electron chi connectivity index (χ4n) is 1.31. The molecule has 0 unspecified atom stereocenters. The van der Waals surface area contributed by atoms with Gasteiger partial charge in [0, 0.05) is 17.3 Å². The molecule has 2 rings (SSSR count). The third kappa shape index (κ3) is 1.40. The number of allylic oxidation sites excluding steroid dienone is 5. The summed E-state index contributed by atoms with van der Waals surface area (Å²) in [5.74, 6) is 5.46. The predicted octanol–water partition coefficient (Wildman–Crippen LogP) is 1.33. The van der Waals surface area contributed by atoms with E-state index in [-0.39, 0.29) is 10.8 Å². The van der Waals surface area contributed by atoms with E-state index in [0.717, 1.165) is 11.4 Å². The molecule has 0 aromatic carbocycles. The number of rotatable bonds is 0. The fourth-order valence-corrected chi connectivity index (χ4v) is 1.97. The molecule has 0 saturated carbocycles. The van der Waals surface area contributed by atoms with Crippen molar-refractivity contribution in [1.29, 1.82) is 0 Å². The van der Waals surface area contributed by atoms with Crippen molar-refractivity contribution < 1.29 is 9.59 Å². The van der Waals surface area contributed by atoms with Crippen molar-refractivity contribution in [2.45, 2.75) is 6.42 Å². The lowest BCUT2D eigenvalue weighted by molar-refractivity contribution is -0.108. The van der Waals surface area contributed by atoms with Gasteiger partial charge in [-0.15, -0.1) is 0 Å². The normalized spacial score (nSPS) is 21.4. The third-order valence-electron chi connectivity index (χ3n) is 1.95. The Kier molecular flexibility index (Phi) is 2.26. The van der Waals surface area contributed by atoms with E-state index in [1.54, 1.807) is 12.2 Å². The molecular formula is C9H8N2O2S. The summed E-state index contributed by atoms with van der Waals surface area (Å²) in [6.07, 6.45) is 8.27. The van der Waals surface area contributed by atoms with E-state index in [2.05, 4.69) is 0 Å². The third-order valence-corrected chi connectivity index (χ3v) is 2.70. The van der Waals surface area contributed by atoms with Crippen molar-refractivity contribution in [3.63, 3.8) is 0 Å². The molecule has 0 aromatic rings. The topological polar surface area (TPSA) is 63.4 Å². The molecule has 1 fully saturated rings. The second kappa shape index (κ2) is 3.43. The van der Waals surface area contributed by atoms with Crippen molar-refractivity contribution in [2.24, 2.45) is 5.84 Å². The molecule has 14 heavy (non-hydrogen) atoms. The lowest BCUT2D eigenvalue weighted by atomic mass is 10.1. The molecule has 1 amide bonds. The molecule has 4 nitrogen and oxygen atoms in total. The van der Waals surface area contributed by atoms with Crippen molar-refractivity contribution >= 4 is 22.1 Å². The van der Waals surface area contributed by atoms with Gasteiger partial charge in [-0.05, 0) is 6.42 Å². The first-order valence-corrected chi connectivity index (χ1v) is 4.90. The Morgan fingerprint density at radius 2 is 1.93 bits per heavy atom. The maximum absolute atomic E-state index is 11.4. The van der Waals surface area contributed by atoms with Crippen molar-refractivity contribution in [2.75, 3.05) is 0 Å². The van der Waals surface area contributed by atoms with Crippen LogP contribution in [0, 0.1) is 0 Å². The van der Waals surface area contributed by atoms with E-state index in [1.807, 2.05) is 12.2 Å². The van der Waals surface area contributed by atoms with Crippen LogP contribution in [0.2, 0.25) is 0 Å². The zero-order chi connectivity index (χ0) is 10.1. The van der Waals surface area contributed by atoms with E-state index >= 15 is 0 Å². The van der Waals surface area contributed by atoms with Crippen LogP contribution >= 0.6 is 11.8 Å². The maximum Gasteiger partial charge on any atom is 0.308 e. The van der Waals surface area contributed by atoms with Gasteiger partial charge >= 0.3 is 5.24 Å². The van der Waals surface area contributed by atoms with E-state index in [4.69, 9.17) is 5.84 Å². The molecule has 72 valence electrons. The number of hydrogen-bond donors (Lipinski definition) is 1. The van der Waals surface area contributed by atoms with E-state index in [9.17, 15) is 9.59 Å². The van der Waals surface area contributed by atoms with Gasteiger partial charge in [0.1, 0.15) is 5.70 Å². The van der Waals surface area contributed by atoms with Gasteiger partial charge in [-0.1, -0.05) is 24.3 Å². The minimum atomic E-state index is -0.426. The molecule has 0 atom stereocenters. The Hall–Kier alpha value is -1.33. The lowest BCUT2D eigenvalue weighted by Crippen LogP contribution is -2.30. The average Bonchev–Trinajstić information content (AvgIpc) is 2.43. The van der Waals surface area contributed by atoms with Gasteiger partial charge in [0.05, 0.1) is 0 Å². The molecular weight excluding hydrogens is 200 g/mol. The van der Waals surface area contributed by atoms with Crippen LogP contribution in [-0.2, 0) is 4.79 Å². The van der Waals surface area contributed by atoms with Gasteiger partial charge in [-0.2, -0.15) is 0 Å². The van der Waals surface area contributed by atoms with Gasteiger partial charge in [-0.3, -0.25) is 9.59 Å². The summed E-state index contributed by atoms with van der Waals surface area (Å²) in [4.78, 5) is 22.5. The number of hydrogen-bond acceptors (Lipinski definition) is 4. The van der Waals surface area contributed by atoms with Crippen LogP contribution in [0.4, 0.5) is 4.79 Å². The van der Waals surface area contributed by atoms with Gasteiger partial charge in [-0.25, -0.2) is 10.9 Å². The first-order chi connectivity index (χ1) is 6.70. The van der Waals surface area contributed by atoms with Crippen molar-refractivity contribution in [3.05, 3.63) is 35.6 Å². The lowest BCUT2D eigenvalue weighted by Gasteiger charge is -2.10. The number of carbonyl (C=O) groups excluding carboxylic acids is 2. The average molecular weight is 208 g/mol. The Bertz CT molecular complexity index is 382. The number of hydrazine groups is 1. The van der Waals surface area contributed by atoms with E-state index in [1.165, 1.54) is 0 Å². The predicted molar refractivity (Wildman–Crippen MR) is 53.9 cm³/mol. The molecule has 0 aromatic heterocycles. The Morgan fingerprint density at radius 1 is 1.29 bits per heavy atom. The van der Waals surface area contributed by atoms with Crippen molar-refractivity contribution in [3.8, 4) is 0 Å². The molecule has 1 aliphatic carbocycles. The monoisotopic (exact) mass is 208 g/mol. The summed E-state index contributed by atoms with van der Waals surface area (Å²) in [6.45, 7) is 0. The molecule has 5 heteroatoms. The molecule has 0 radical (unpaired) electrons. The van der Waals surface area contributed by atoms with Crippen LogP contribution < -0.4 is 5.84 Å². The van der Waals surface area contributed by atoms with Gasteiger partial charge < -0.3 is 0 Å². The summed E-state index contributed by atoms with van der Waals surface area (Å²) < 4.78 is 0. The number of nitrogens with two attached hydrogens (primary N) is 1. The van der Waals surface area contributed by atoms with Crippen LogP contribution in [0.25, 0.3) is 0 Å². The SMILES string of the molecule is NN1C(=O)SC(=O)C1=C1C=CCC=C1. The van der Waals surface area contributed by atoms with Crippen molar-refractivity contribution in [1.82, 2.24) is 5.01 Å². The number of thioether (sulfide) groups is 1. The first kappa shape index (κ1) is 9.23. The quantitative estimate of drug-likeness (QED) is 0.370. The number of amides is 1. The van der Waals surface area contributed by atoms with Crippen LogP contribution in [0.15, 0.2) is 35.6 Å².